The van der Waals surface area contributed by atoms with Crippen molar-refractivity contribution in [2.75, 3.05) is 24.5 Å². The number of likely N-dealkylation sites (tertiary alicyclic amines) is 1. The number of nitrogens with zero attached hydrogens (tertiary/aromatic N) is 4. The molecular formula is C35H47N5O6S. The van der Waals surface area contributed by atoms with Crippen molar-refractivity contribution in [2.45, 2.75) is 97.4 Å². The van der Waals surface area contributed by atoms with Crippen molar-refractivity contribution in [2.24, 2.45) is 11.8 Å². The maximum absolute atomic E-state index is 14.1. The summed E-state index contributed by atoms with van der Waals surface area (Å²) in [6.07, 6.45) is 0.629. The molecule has 4 atom stereocenters. The molecule has 1 aromatic carbocycles. The molecule has 5 rings (SSSR count). The maximum atomic E-state index is 14.1. The SMILES string of the molecule is Cc1ncsc1-c1ccc(C(C)NC(=O)[C@@H]2C[C@@H](O)CN2C(=O)C(c2cc(N3CCC(C(=O)OC(C)(C)C)CC3)no2)C(C)C)cc1. The van der Waals surface area contributed by atoms with Crippen molar-refractivity contribution in [3.63, 3.8) is 0 Å². The monoisotopic (exact) mass is 665 g/mol. The molecule has 2 aliphatic rings. The van der Waals surface area contributed by atoms with Gasteiger partial charge in [-0.15, -0.1) is 11.3 Å². The molecule has 3 aromatic rings. The second-order valence-electron chi connectivity index (χ2n) is 14.1. The van der Waals surface area contributed by atoms with Gasteiger partial charge in [-0.3, -0.25) is 14.4 Å². The van der Waals surface area contributed by atoms with Gasteiger partial charge in [0.25, 0.3) is 0 Å². The smallest absolute Gasteiger partial charge is 0.309 e. The second kappa shape index (κ2) is 14.1. The molecule has 0 spiro atoms. The van der Waals surface area contributed by atoms with E-state index in [1.165, 1.54) is 4.90 Å². The predicted molar refractivity (Wildman–Crippen MR) is 180 cm³/mol. The van der Waals surface area contributed by atoms with Gasteiger partial charge in [-0.05, 0) is 64.5 Å². The number of hydrogen-bond donors (Lipinski definition) is 2. The van der Waals surface area contributed by atoms with Gasteiger partial charge in [0.2, 0.25) is 11.8 Å². The molecule has 0 saturated carbocycles. The number of benzene rings is 1. The first-order valence-electron chi connectivity index (χ1n) is 16.5. The number of aliphatic hydroxyl groups excluding tert-OH is 1. The van der Waals surface area contributed by atoms with Crippen LogP contribution in [0.25, 0.3) is 10.4 Å². The third kappa shape index (κ3) is 8.03. The molecule has 2 aromatic heterocycles. The summed E-state index contributed by atoms with van der Waals surface area (Å²) >= 11 is 1.59. The minimum atomic E-state index is -0.811. The van der Waals surface area contributed by atoms with Crippen LogP contribution in [0, 0.1) is 18.8 Å². The van der Waals surface area contributed by atoms with Crippen molar-refractivity contribution in [1.82, 2.24) is 20.4 Å². The number of carbonyl (C=O) groups is 3. The van der Waals surface area contributed by atoms with E-state index in [1.54, 1.807) is 17.4 Å². The number of aryl methyl sites for hydroxylation is 1. The molecule has 2 saturated heterocycles. The zero-order valence-electron chi connectivity index (χ0n) is 28.4. The number of carbonyl (C=O) groups excluding carboxylic acids is 3. The van der Waals surface area contributed by atoms with Gasteiger partial charge in [0.05, 0.1) is 34.1 Å². The van der Waals surface area contributed by atoms with Gasteiger partial charge in [0, 0.05) is 32.1 Å². The number of ether oxygens (including phenoxy) is 1. The number of β-amino-alcohol motifs (C(OH)–C–C–N with tert-alkyl or cyclic N) is 1. The maximum Gasteiger partial charge on any atom is 0.309 e. The Balaban J connectivity index is 1.23. The highest BCUT2D eigenvalue weighted by atomic mass is 32.1. The van der Waals surface area contributed by atoms with Gasteiger partial charge in [-0.2, -0.15) is 0 Å². The predicted octanol–water partition coefficient (Wildman–Crippen LogP) is 5.24. The van der Waals surface area contributed by atoms with E-state index < -0.39 is 23.7 Å². The summed E-state index contributed by atoms with van der Waals surface area (Å²) in [6.45, 7) is 14.6. The molecule has 2 amide bonds. The van der Waals surface area contributed by atoms with E-state index in [4.69, 9.17) is 9.26 Å². The van der Waals surface area contributed by atoms with E-state index in [0.717, 1.165) is 21.7 Å². The number of aliphatic hydroxyl groups is 1. The van der Waals surface area contributed by atoms with Crippen LogP contribution in [0.15, 0.2) is 40.4 Å². The second-order valence-corrected chi connectivity index (χ2v) is 15.0. The fourth-order valence-electron chi connectivity index (χ4n) is 6.42. The van der Waals surface area contributed by atoms with Crippen molar-refractivity contribution in [3.8, 4) is 10.4 Å². The summed E-state index contributed by atoms with van der Waals surface area (Å²) in [4.78, 5) is 49.2. The number of rotatable bonds is 9. The molecule has 2 fully saturated rings. The number of hydrogen-bond acceptors (Lipinski definition) is 10. The van der Waals surface area contributed by atoms with Crippen molar-refractivity contribution >= 4 is 34.9 Å². The molecule has 0 radical (unpaired) electrons. The molecular weight excluding hydrogens is 618 g/mol. The van der Waals surface area contributed by atoms with Gasteiger partial charge in [0.1, 0.15) is 17.6 Å². The summed E-state index contributed by atoms with van der Waals surface area (Å²) in [5.41, 5.74) is 4.29. The van der Waals surface area contributed by atoms with Gasteiger partial charge in [-0.1, -0.05) is 43.3 Å². The minimum Gasteiger partial charge on any atom is -0.460 e. The van der Waals surface area contributed by atoms with Crippen molar-refractivity contribution in [3.05, 3.63) is 52.9 Å². The van der Waals surface area contributed by atoms with Gasteiger partial charge in [-0.25, -0.2) is 4.98 Å². The zero-order valence-corrected chi connectivity index (χ0v) is 29.2. The summed E-state index contributed by atoms with van der Waals surface area (Å²) < 4.78 is 11.3. The number of nitrogens with one attached hydrogen (secondary N) is 1. The lowest BCUT2D eigenvalue weighted by atomic mass is 9.91. The van der Waals surface area contributed by atoms with E-state index in [0.29, 0.717) is 37.5 Å². The number of anilines is 1. The Labute approximate surface area is 280 Å². The summed E-state index contributed by atoms with van der Waals surface area (Å²) in [6, 6.07) is 8.70. The van der Waals surface area contributed by atoms with Crippen LogP contribution in [0.4, 0.5) is 5.82 Å². The molecule has 47 heavy (non-hydrogen) atoms. The van der Waals surface area contributed by atoms with Crippen LogP contribution in [-0.4, -0.2) is 75.3 Å². The molecule has 11 nitrogen and oxygen atoms in total. The highest BCUT2D eigenvalue weighted by Crippen LogP contribution is 2.34. The largest absolute Gasteiger partial charge is 0.460 e. The number of aromatic nitrogens is 2. The summed E-state index contributed by atoms with van der Waals surface area (Å²) in [5, 5.41) is 17.9. The Kier molecular flexibility index (Phi) is 10.4. The van der Waals surface area contributed by atoms with Crippen LogP contribution in [0.1, 0.15) is 89.8 Å². The van der Waals surface area contributed by atoms with Crippen LogP contribution in [0.2, 0.25) is 0 Å². The minimum absolute atomic E-state index is 0.0661. The molecule has 12 heteroatoms. The third-order valence-corrected chi connectivity index (χ3v) is 9.93. The fourth-order valence-corrected chi connectivity index (χ4v) is 7.23. The first-order valence-corrected chi connectivity index (χ1v) is 17.3. The van der Waals surface area contributed by atoms with Crippen molar-refractivity contribution in [1.29, 1.82) is 0 Å². The average Bonchev–Trinajstić information content (AvgIpc) is 3.76. The highest BCUT2D eigenvalue weighted by molar-refractivity contribution is 7.13. The van der Waals surface area contributed by atoms with Gasteiger partial charge < -0.3 is 29.5 Å². The van der Waals surface area contributed by atoms with Crippen LogP contribution >= 0.6 is 11.3 Å². The van der Waals surface area contributed by atoms with E-state index in [-0.39, 0.29) is 48.6 Å². The Morgan fingerprint density at radius 3 is 2.38 bits per heavy atom. The highest BCUT2D eigenvalue weighted by Gasteiger charge is 2.43. The van der Waals surface area contributed by atoms with Crippen LogP contribution < -0.4 is 10.2 Å². The standard InChI is InChI=1S/C35H47N5O6S/c1-20(2)30(28-17-29(38-46-28)39-14-12-25(13-15-39)34(44)45-35(5,6)7)33(43)40-18-26(41)16-27(40)32(42)37-21(3)23-8-10-24(11-9-23)31-22(4)36-19-47-31/h8-11,17,19-21,25-27,30,41H,12-16,18H2,1-7H3,(H,37,42)/t21?,26-,27+,30?/m1/s1. The lowest BCUT2D eigenvalue weighted by molar-refractivity contribution is -0.160. The Morgan fingerprint density at radius 1 is 1.11 bits per heavy atom. The summed E-state index contributed by atoms with van der Waals surface area (Å²) in [7, 11) is 0. The number of thiazole rings is 1. The Bertz CT molecular complexity index is 1550. The molecule has 254 valence electrons. The lowest BCUT2D eigenvalue weighted by Gasteiger charge is -2.32. The fraction of sp³-hybridized carbons (Fsp3) is 0.571. The van der Waals surface area contributed by atoms with Crippen molar-refractivity contribution < 1.29 is 28.8 Å². The van der Waals surface area contributed by atoms with E-state index >= 15 is 0 Å². The Morgan fingerprint density at radius 2 is 1.79 bits per heavy atom. The van der Waals surface area contributed by atoms with Crippen LogP contribution in [0.3, 0.4) is 0 Å². The van der Waals surface area contributed by atoms with Gasteiger partial charge in [0.15, 0.2) is 11.6 Å². The molecule has 0 bridgehead atoms. The molecule has 2 N–H and O–H groups in total. The van der Waals surface area contributed by atoms with Gasteiger partial charge >= 0.3 is 5.97 Å². The van der Waals surface area contributed by atoms with E-state index in [9.17, 15) is 19.5 Å². The molecule has 0 aliphatic carbocycles. The quantitative estimate of drug-likeness (QED) is 0.294. The first-order chi connectivity index (χ1) is 22.2. The Hall–Kier alpha value is -3.77. The third-order valence-electron chi connectivity index (χ3n) is 8.96. The summed E-state index contributed by atoms with van der Waals surface area (Å²) in [5.74, 6) is -0.732. The van der Waals surface area contributed by atoms with E-state index in [1.807, 2.05) is 78.2 Å². The molecule has 4 heterocycles. The number of esters is 1. The number of piperidine rings is 1. The van der Waals surface area contributed by atoms with Crippen LogP contribution in [-0.2, 0) is 19.1 Å². The first kappa shape index (κ1) is 34.6. The molecule has 2 unspecified atom stereocenters. The topological polar surface area (TPSA) is 138 Å². The zero-order chi connectivity index (χ0) is 34.0. The van der Waals surface area contributed by atoms with Crippen LogP contribution in [0.5, 0.6) is 0 Å². The average molecular weight is 666 g/mol. The van der Waals surface area contributed by atoms with E-state index in [2.05, 4.69) is 20.4 Å². The lowest BCUT2D eigenvalue weighted by Crippen LogP contribution is -2.48. The normalized spacial score (nSPS) is 20.4. The number of amides is 2. The molecule has 2 aliphatic heterocycles.